The highest BCUT2D eigenvalue weighted by molar-refractivity contribution is 7.80. The fourth-order valence-corrected chi connectivity index (χ4v) is 5.14. The molecule has 2 aromatic carbocycles. The van der Waals surface area contributed by atoms with Crippen molar-refractivity contribution in [1.82, 2.24) is 14.9 Å². The van der Waals surface area contributed by atoms with Crippen LogP contribution in [0.4, 0.5) is 17.1 Å². The molecule has 1 aliphatic heterocycles. The molecule has 2 N–H and O–H groups in total. The maximum absolute atomic E-state index is 12.1. The number of nitrogens with one attached hydrogen (secondary N) is 2. The second kappa shape index (κ2) is 11.0. The predicted octanol–water partition coefficient (Wildman–Crippen LogP) is 4.85. The number of benzene rings is 2. The van der Waals surface area contributed by atoms with Gasteiger partial charge in [-0.15, -0.1) is 0 Å². The van der Waals surface area contributed by atoms with Crippen LogP contribution >= 0.6 is 12.2 Å². The van der Waals surface area contributed by atoms with Gasteiger partial charge in [-0.3, -0.25) is 19.9 Å². The van der Waals surface area contributed by atoms with Crippen LogP contribution in [0.5, 0.6) is 0 Å². The molecule has 4 aromatic rings. The molecule has 198 valence electrons. The number of hydrogen-bond acceptors (Lipinski definition) is 6. The molecule has 0 bridgehead atoms. The van der Waals surface area contributed by atoms with Crippen LogP contribution in [0.2, 0.25) is 0 Å². The van der Waals surface area contributed by atoms with E-state index in [1.165, 1.54) is 19.2 Å². The number of rotatable bonds is 8. The lowest BCUT2D eigenvalue weighted by atomic mass is 10.00. The smallest absolute Gasteiger partial charge is 0.269 e. The van der Waals surface area contributed by atoms with Gasteiger partial charge in [0.25, 0.3) is 5.69 Å². The average molecular weight is 543 g/mol. The van der Waals surface area contributed by atoms with Crippen molar-refractivity contribution >= 4 is 40.3 Å². The molecule has 1 saturated heterocycles. The minimum atomic E-state index is -0.414. The molecule has 10 nitrogen and oxygen atoms in total. The van der Waals surface area contributed by atoms with Gasteiger partial charge < -0.3 is 24.8 Å². The summed E-state index contributed by atoms with van der Waals surface area (Å²) in [5.41, 5.74) is 4.94. The lowest BCUT2D eigenvalue weighted by Crippen LogP contribution is -2.30. The lowest BCUT2D eigenvalue weighted by molar-refractivity contribution is -0.384. The van der Waals surface area contributed by atoms with Crippen molar-refractivity contribution in [3.8, 4) is 5.69 Å². The first kappa shape index (κ1) is 26.0. The molecule has 1 fully saturated rings. The van der Waals surface area contributed by atoms with Crippen LogP contribution in [0.15, 0.2) is 85.2 Å². The van der Waals surface area contributed by atoms with Crippen LogP contribution in [0.25, 0.3) is 5.69 Å². The number of pyridine rings is 1. The second-order valence-corrected chi connectivity index (χ2v) is 9.44. The monoisotopic (exact) mass is 542 g/mol. The summed E-state index contributed by atoms with van der Waals surface area (Å²) in [7, 11) is 1.47. The van der Waals surface area contributed by atoms with E-state index in [4.69, 9.17) is 17.0 Å². The van der Waals surface area contributed by atoms with Gasteiger partial charge in [0.2, 0.25) is 5.91 Å². The molecule has 2 aromatic heterocycles. The molecule has 39 heavy (non-hydrogen) atoms. The fourth-order valence-electron chi connectivity index (χ4n) is 4.79. The maximum atomic E-state index is 12.1. The molecule has 11 heteroatoms. The Morgan fingerprint density at radius 2 is 1.90 bits per heavy atom. The Morgan fingerprint density at radius 3 is 2.56 bits per heavy atom. The highest BCUT2D eigenvalue weighted by Gasteiger charge is 2.42. The van der Waals surface area contributed by atoms with Crippen LogP contribution in [-0.2, 0) is 9.53 Å². The first-order valence-corrected chi connectivity index (χ1v) is 12.6. The average Bonchev–Trinajstić information content (AvgIpc) is 3.55. The molecule has 5 rings (SSSR count). The molecule has 2 atom stereocenters. The normalized spacial score (nSPS) is 16.7. The standard InChI is InChI=1S/C28H26N6O4S/c1-18-16-21(12-13-22(18)30-25(35)17-38-2)33-27(26(31-28(33)39)23-6-3-4-14-29-23)24-7-5-15-32(24)19-8-10-20(11-9-19)34(36)37/h3-16,26-27H,17H2,1-2H3,(H,30,35)(H,31,39)/t26-,27-/m0/s1. The predicted molar refractivity (Wildman–Crippen MR) is 152 cm³/mol. The summed E-state index contributed by atoms with van der Waals surface area (Å²) in [6.45, 7) is 1.89. The second-order valence-electron chi connectivity index (χ2n) is 9.05. The summed E-state index contributed by atoms with van der Waals surface area (Å²) < 4.78 is 6.92. The summed E-state index contributed by atoms with van der Waals surface area (Å²) in [5.74, 6) is -0.235. The van der Waals surface area contributed by atoms with Crippen molar-refractivity contribution < 1.29 is 14.5 Å². The summed E-state index contributed by atoms with van der Waals surface area (Å²) in [6, 6.07) is 21.3. The van der Waals surface area contributed by atoms with Gasteiger partial charge in [0.1, 0.15) is 12.6 Å². The van der Waals surface area contributed by atoms with Crippen molar-refractivity contribution in [1.29, 1.82) is 0 Å². The highest BCUT2D eigenvalue weighted by atomic mass is 32.1. The fraction of sp³-hybridized carbons (Fsp3) is 0.179. The van der Waals surface area contributed by atoms with E-state index in [9.17, 15) is 14.9 Å². The Morgan fingerprint density at radius 1 is 1.13 bits per heavy atom. The van der Waals surface area contributed by atoms with Gasteiger partial charge in [-0.05, 0) is 79.3 Å². The highest BCUT2D eigenvalue weighted by Crippen LogP contribution is 2.43. The van der Waals surface area contributed by atoms with Crippen molar-refractivity contribution in [3.63, 3.8) is 0 Å². The van der Waals surface area contributed by atoms with E-state index in [-0.39, 0.29) is 30.3 Å². The van der Waals surface area contributed by atoms with Crippen molar-refractivity contribution in [2.75, 3.05) is 23.9 Å². The van der Waals surface area contributed by atoms with Gasteiger partial charge in [-0.2, -0.15) is 0 Å². The Balaban J connectivity index is 1.58. The molecular formula is C28H26N6O4S. The minimum absolute atomic E-state index is 0.0253. The number of methoxy groups -OCH3 is 1. The zero-order valence-corrected chi connectivity index (χ0v) is 22.1. The van der Waals surface area contributed by atoms with E-state index in [2.05, 4.69) is 15.6 Å². The minimum Gasteiger partial charge on any atom is -0.375 e. The Kier molecular flexibility index (Phi) is 7.35. The zero-order valence-electron chi connectivity index (χ0n) is 21.3. The molecule has 0 unspecified atom stereocenters. The molecule has 3 heterocycles. The van der Waals surface area contributed by atoms with Gasteiger partial charge in [-0.25, -0.2) is 0 Å². The number of anilines is 2. The number of hydrogen-bond donors (Lipinski definition) is 2. The van der Waals surface area contributed by atoms with Crippen LogP contribution in [0.1, 0.15) is 29.0 Å². The maximum Gasteiger partial charge on any atom is 0.269 e. The zero-order chi connectivity index (χ0) is 27.5. The Bertz CT molecular complexity index is 1520. The molecule has 0 saturated carbocycles. The number of amides is 1. The first-order chi connectivity index (χ1) is 18.9. The number of nitro groups is 1. The summed E-state index contributed by atoms with van der Waals surface area (Å²) in [4.78, 5) is 29.5. The first-order valence-electron chi connectivity index (χ1n) is 12.2. The van der Waals surface area contributed by atoms with E-state index in [0.29, 0.717) is 10.8 Å². The number of non-ortho nitro benzene ring substituents is 1. The SMILES string of the molecule is COCC(=O)Nc1ccc(N2C(=S)N[C@@H](c3ccccn3)[C@@H]2c2cccn2-c2ccc([N+](=O)[O-])cc2)cc1C. The van der Waals surface area contributed by atoms with Crippen molar-refractivity contribution in [3.05, 3.63) is 112 Å². The van der Waals surface area contributed by atoms with E-state index in [0.717, 1.165) is 28.3 Å². The summed E-state index contributed by atoms with van der Waals surface area (Å²) >= 11 is 5.85. The number of carbonyl (C=O) groups excluding carboxylic acids is 1. The molecule has 0 radical (unpaired) electrons. The van der Waals surface area contributed by atoms with E-state index < -0.39 is 4.92 Å². The number of nitro benzene ring substituents is 1. The third kappa shape index (κ3) is 5.22. The number of thiocarbonyl (C=S) groups is 1. The van der Waals surface area contributed by atoms with Crippen LogP contribution < -0.4 is 15.5 Å². The van der Waals surface area contributed by atoms with Crippen molar-refractivity contribution in [2.24, 2.45) is 0 Å². The number of nitrogens with zero attached hydrogens (tertiary/aromatic N) is 4. The van der Waals surface area contributed by atoms with Crippen LogP contribution in [-0.4, -0.2) is 39.2 Å². The summed E-state index contributed by atoms with van der Waals surface area (Å²) in [6.07, 6.45) is 3.67. The molecule has 1 aliphatic rings. The number of aromatic nitrogens is 2. The van der Waals surface area contributed by atoms with Gasteiger partial charge in [0.05, 0.1) is 16.7 Å². The van der Waals surface area contributed by atoms with Gasteiger partial charge in [0, 0.05) is 54.4 Å². The van der Waals surface area contributed by atoms with E-state index in [1.54, 1.807) is 18.3 Å². The third-order valence-corrected chi connectivity index (χ3v) is 6.87. The molecule has 1 amide bonds. The summed E-state index contributed by atoms with van der Waals surface area (Å²) in [5, 5.41) is 18.0. The van der Waals surface area contributed by atoms with E-state index in [1.807, 2.05) is 71.1 Å². The van der Waals surface area contributed by atoms with Crippen LogP contribution in [0, 0.1) is 17.0 Å². The third-order valence-electron chi connectivity index (χ3n) is 6.56. The van der Waals surface area contributed by atoms with Gasteiger partial charge in [-0.1, -0.05) is 6.07 Å². The Labute approximate surface area is 230 Å². The lowest BCUT2D eigenvalue weighted by Gasteiger charge is -2.29. The van der Waals surface area contributed by atoms with Crippen LogP contribution in [0.3, 0.4) is 0 Å². The quantitative estimate of drug-likeness (QED) is 0.185. The molecule has 0 aliphatic carbocycles. The van der Waals surface area contributed by atoms with Gasteiger partial charge in [0.15, 0.2) is 5.11 Å². The largest absolute Gasteiger partial charge is 0.375 e. The number of carbonyl (C=O) groups is 1. The Hall–Kier alpha value is -4.61. The van der Waals surface area contributed by atoms with E-state index >= 15 is 0 Å². The van der Waals surface area contributed by atoms with Gasteiger partial charge >= 0.3 is 0 Å². The number of aryl methyl sites for hydroxylation is 1. The molecular weight excluding hydrogens is 516 g/mol. The number of ether oxygens (including phenoxy) is 1. The topological polar surface area (TPSA) is 115 Å². The molecule has 0 spiro atoms. The van der Waals surface area contributed by atoms with Crippen molar-refractivity contribution in [2.45, 2.75) is 19.0 Å².